The fourth-order valence-electron chi connectivity index (χ4n) is 2.18. The molecule has 0 aliphatic heterocycles. The number of hydrogen-bond acceptors (Lipinski definition) is 3. The molecule has 0 radical (unpaired) electrons. The summed E-state index contributed by atoms with van der Waals surface area (Å²) in [5.74, 6) is 0.664. The van der Waals surface area contributed by atoms with E-state index < -0.39 is 0 Å². The Morgan fingerprint density at radius 1 is 1.21 bits per heavy atom. The summed E-state index contributed by atoms with van der Waals surface area (Å²) >= 11 is 0. The summed E-state index contributed by atoms with van der Waals surface area (Å²) in [4.78, 5) is 4.39. The van der Waals surface area contributed by atoms with Gasteiger partial charge in [0.1, 0.15) is 5.75 Å². The third-order valence-corrected chi connectivity index (χ3v) is 3.17. The largest absolute Gasteiger partial charge is 0.495 e. The number of nitrogens with two attached hydrogens (primary N) is 1. The number of fused-ring (bicyclic) bond motifs is 1. The first kappa shape index (κ1) is 11.6. The Hall–Kier alpha value is -2.49. The molecule has 1 heterocycles. The average molecular weight is 253 g/mol. The molecule has 96 valence electrons. The highest BCUT2D eigenvalue weighted by Crippen LogP contribution is 2.27. The van der Waals surface area contributed by atoms with Gasteiger partial charge in [0.2, 0.25) is 0 Å². The molecule has 1 aromatic heterocycles. The van der Waals surface area contributed by atoms with Crippen molar-refractivity contribution in [2.24, 2.45) is 0 Å². The summed E-state index contributed by atoms with van der Waals surface area (Å²) in [7, 11) is 1.61. The van der Waals surface area contributed by atoms with Gasteiger partial charge in [-0.05, 0) is 11.6 Å². The predicted octanol–water partition coefficient (Wildman–Crippen LogP) is 2.68. The fraction of sp³-hybridized carbons (Fsp3) is 0.133. The van der Waals surface area contributed by atoms with E-state index in [1.807, 2.05) is 36.7 Å². The fourth-order valence-corrected chi connectivity index (χ4v) is 2.18. The summed E-state index contributed by atoms with van der Waals surface area (Å²) in [5.41, 5.74) is 9.72. The summed E-state index contributed by atoms with van der Waals surface area (Å²) in [6.45, 7) is 0.781. The molecule has 0 aliphatic carbocycles. The molecule has 0 atom stereocenters. The van der Waals surface area contributed by atoms with E-state index in [4.69, 9.17) is 10.5 Å². The number of nitrogens with zero attached hydrogens (tertiary/aromatic N) is 2. The number of rotatable bonds is 3. The zero-order chi connectivity index (χ0) is 13.2. The van der Waals surface area contributed by atoms with Crippen molar-refractivity contribution in [3.63, 3.8) is 0 Å². The van der Waals surface area contributed by atoms with Gasteiger partial charge in [0.25, 0.3) is 0 Å². The minimum atomic E-state index is 0.629. The van der Waals surface area contributed by atoms with E-state index in [1.165, 1.54) is 5.56 Å². The molecular weight excluding hydrogens is 238 g/mol. The maximum atomic E-state index is 5.95. The van der Waals surface area contributed by atoms with Gasteiger partial charge in [0, 0.05) is 12.6 Å². The van der Waals surface area contributed by atoms with Gasteiger partial charge in [-0.3, -0.25) is 0 Å². The van der Waals surface area contributed by atoms with E-state index in [9.17, 15) is 0 Å². The lowest BCUT2D eigenvalue weighted by Crippen LogP contribution is -1.98. The zero-order valence-electron chi connectivity index (χ0n) is 10.7. The van der Waals surface area contributed by atoms with Crippen LogP contribution in [0.4, 0.5) is 5.69 Å². The van der Waals surface area contributed by atoms with Crippen molar-refractivity contribution in [2.75, 3.05) is 12.8 Å². The third kappa shape index (κ3) is 2.12. The Balaban J connectivity index is 2.03. The van der Waals surface area contributed by atoms with E-state index in [2.05, 4.69) is 21.7 Å². The van der Waals surface area contributed by atoms with Gasteiger partial charge in [0.05, 0.1) is 30.2 Å². The highest BCUT2D eigenvalue weighted by Gasteiger charge is 2.08. The van der Waals surface area contributed by atoms with Gasteiger partial charge in [-0.2, -0.15) is 0 Å². The smallest absolute Gasteiger partial charge is 0.144 e. The van der Waals surface area contributed by atoms with Crippen LogP contribution in [0.5, 0.6) is 5.75 Å². The van der Waals surface area contributed by atoms with Crippen LogP contribution < -0.4 is 10.5 Å². The molecule has 2 N–H and O–H groups in total. The molecule has 4 heteroatoms. The normalized spacial score (nSPS) is 10.8. The molecule has 3 aromatic rings. The number of ether oxygens (including phenoxy) is 1. The lowest BCUT2D eigenvalue weighted by Gasteiger charge is -2.07. The monoisotopic (exact) mass is 253 g/mol. The second-order valence-corrected chi connectivity index (χ2v) is 4.44. The van der Waals surface area contributed by atoms with Gasteiger partial charge in [-0.1, -0.05) is 30.3 Å². The van der Waals surface area contributed by atoms with Crippen LogP contribution in [0.1, 0.15) is 5.56 Å². The lowest BCUT2D eigenvalue weighted by atomic mass is 10.2. The number of hydrogen-bond donors (Lipinski definition) is 1. The second kappa shape index (κ2) is 4.65. The number of imidazole rings is 1. The van der Waals surface area contributed by atoms with Crippen LogP contribution in [0.2, 0.25) is 0 Å². The van der Waals surface area contributed by atoms with Crippen LogP contribution in [0, 0.1) is 0 Å². The van der Waals surface area contributed by atoms with Crippen molar-refractivity contribution in [3.05, 3.63) is 54.4 Å². The SMILES string of the molecule is COc1cc2ncn(Cc3ccccc3)c2cc1N. The van der Waals surface area contributed by atoms with E-state index in [0.717, 1.165) is 17.6 Å². The highest BCUT2D eigenvalue weighted by molar-refractivity contribution is 5.82. The van der Waals surface area contributed by atoms with Crippen molar-refractivity contribution in [1.82, 2.24) is 9.55 Å². The molecule has 0 spiro atoms. The average Bonchev–Trinajstić information content (AvgIpc) is 2.81. The Morgan fingerprint density at radius 2 is 2.00 bits per heavy atom. The summed E-state index contributed by atoms with van der Waals surface area (Å²) in [5, 5.41) is 0. The quantitative estimate of drug-likeness (QED) is 0.730. The number of aromatic nitrogens is 2. The van der Waals surface area contributed by atoms with E-state index in [1.54, 1.807) is 7.11 Å². The molecule has 19 heavy (non-hydrogen) atoms. The number of methoxy groups -OCH3 is 1. The first-order chi connectivity index (χ1) is 9.28. The molecule has 0 fully saturated rings. The molecule has 4 nitrogen and oxygen atoms in total. The minimum absolute atomic E-state index is 0.629. The van der Waals surface area contributed by atoms with Gasteiger partial charge in [0.15, 0.2) is 0 Å². The predicted molar refractivity (Wildman–Crippen MR) is 76.2 cm³/mol. The maximum Gasteiger partial charge on any atom is 0.144 e. The van der Waals surface area contributed by atoms with Crippen molar-refractivity contribution in [3.8, 4) is 5.75 Å². The zero-order valence-corrected chi connectivity index (χ0v) is 10.7. The van der Waals surface area contributed by atoms with E-state index >= 15 is 0 Å². The second-order valence-electron chi connectivity index (χ2n) is 4.44. The van der Waals surface area contributed by atoms with Crippen molar-refractivity contribution in [1.29, 1.82) is 0 Å². The first-order valence-electron chi connectivity index (χ1n) is 6.10. The molecule has 0 saturated heterocycles. The molecule has 0 aliphatic rings. The molecular formula is C15H15N3O. The van der Waals surface area contributed by atoms with Crippen molar-refractivity contribution < 1.29 is 4.74 Å². The number of benzene rings is 2. The van der Waals surface area contributed by atoms with Gasteiger partial charge in [-0.25, -0.2) is 4.98 Å². The molecule has 0 saturated carbocycles. The van der Waals surface area contributed by atoms with Crippen molar-refractivity contribution in [2.45, 2.75) is 6.54 Å². The highest BCUT2D eigenvalue weighted by atomic mass is 16.5. The van der Waals surface area contributed by atoms with Gasteiger partial charge in [-0.15, -0.1) is 0 Å². The van der Waals surface area contributed by atoms with Crippen LogP contribution in [-0.4, -0.2) is 16.7 Å². The Kier molecular flexibility index (Phi) is 2.83. The van der Waals surface area contributed by atoms with E-state index in [0.29, 0.717) is 11.4 Å². The van der Waals surface area contributed by atoms with Crippen LogP contribution in [0.15, 0.2) is 48.8 Å². The van der Waals surface area contributed by atoms with Crippen LogP contribution in [0.3, 0.4) is 0 Å². The first-order valence-corrected chi connectivity index (χ1v) is 6.10. The Bertz CT molecular complexity index is 704. The van der Waals surface area contributed by atoms with Crippen LogP contribution >= 0.6 is 0 Å². The van der Waals surface area contributed by atoms with Crippen LogP contribution in [-0.2, 0) is 6.54 Å². The third-order valence-electron chi connectivity index (χ3n) is 3.17. The van der Waals surface area contributed by atoms with Gasteiger partial charge < -0.3 is 15.0 Å². The van der Waals surface area contributed by atoms with Crippen molar-refractivity contribution >= 4 is 16.7 Å². The summed E-state index contributed by atoms with van der Waals surface area (Å²) in [6.07, 6.45) is 1.83. The molecule has 3 rings (SSSR count). The minimum Gasteiger partial charge on any atom is -0.495 e. The number of anilines is 1. The molecule has 0 bridgehead atoms. The van der Waals surface area contributed by atoms with Crippen LogP contribution in [0.25, 0.3) is 11.0 Å². The van der Waals surface area contributed by atoms with Gasteiger partial charge >= 0.3 is 0 Å². The topological polar surface area (TPSA) is 53.1 Å². The maximum absolute atomic E-state index is 5.95. The number of nitrogen functional groups attached to an aromatic ring is 1. The summed E-state index contributed by atoms with van der Waals surface area (Å²) in [6, 6.07) is 14.0. The summed E-state index contributed by atoms with van der Waals surface area (Å²) < 4.78 is 7.29. The van der Waals surface area contributed by atoms with E-state index in [-0.39, 0.29) is 0 Å². The standard InChI is InChI=1S/C15H15N3O/c1-19-15-8-13-14(7-12(15)16)18(10-17-13)9-11-5-3-2-4-6-11/h2-8,10H,9,16H2,1H3. The lowest BCUT2D eigenvalue weighted by molar-refractivity contribution is 0.417. The molecule has 0 unspecified atom stereocenters. The molecule has 2 aromatic carbocycles. The molecule has 0 amide bonds. The Morgan fingerprint density at radius 3 is 2.74 bits per heavy atom. The Labute approximate surface area is 111 Å².